The molecule has 10 nitrogen and oxygen atoms in total. The maximum atomic E-state index is 12.9. The monoisotopic (exact) mass is 428 g/mol. The van der Waals surface area contributed by atoms with Crippen molar-refractivity contribution in [1.29, 1.82) is 0 Å². The SMILES string of the molecule is CCCNC(=O)Nc1cccc(OC(=O)c2cc([N+](=O)[O-])ccc2N2CCOCC2)c1. The second-order valence-electron chi connectivity index (χ2n) is 6.86. The van der Waals surface area contributed by atoms with E-state index in [2.05, 4.69) is 10.6 Å². The molecule has 1 heterocycles. The zero-order chi connectivity index (χ0) is 22.2. The number of urea groups is 1. The number of hydrogen-bond donors (Lipinski definition) is 2. The number of ether oxygens (including phenoxy) is 2. The third-order valence-electron chi connectivity index (χ3n) is 4.60. The van der Waals surface area contributed by atoms with E-state index in [0.29, 0.717) is 44.2 Å². The van der Waals surface area contributed by atoms with Crippen LogP contribution in [0.25, 0.3) is 0 Å². The molecule has 2 aromatic rings. The predicted molar refractivity (Wildman–Crippen MR) is 115 cm³/mol. The third kappa shape index (κ3) is 5.92. The van der Waals surface area contributed by atoms with E-state index in [1.807, 2.05) is 11.8 Å². The Hall–Kier alpha value is -3.66. The van der Waals surface area contributed by atoms with Crippen LogP contribution in [0.4, 0.5) is 21.9 Å². The molecule has 0 radical (unpaired) electrons. The van der Waals surface area contributed by atoms with Gasteiger partial charge in [0.05, 0.1) is 29.4 Å². The lowest BCUT2D eigenvalue weighted by atomic mass is 10.1. The molecule has 10 heteroatoms. The number of carbonyl (C=O) groups excluding carboxylic acids is 2. The Labute approximate surface area is 179 Å². The molecular formula is C21H24N4O6. The first kappa shape index (κ1) is 22.0. The van der Waals surface area contributed by atoms with E-state index in [4.69, 9.17) is 9.47 Å². The van der Waals surface area contributed by atoms with E-state index in [1.54, 1.807) is 24.3 Å². The molecule has 0 saturated carbocycles. The largest absolute Gasteiger partial charge is 0.423 e. The summed E-state index contributed by atoms with van der Waals surface area (Å²) in [6, 6.07) is 10.1. The maximum Gasteiger partial charge on any atom is 0.345 e. The number of rotatable bonds is 7. The quantitative estimate of drug-likeness (QED) is 0.300. The second-order valence-corrected chi connectivity index (χ2v) is 6.86. The van der Waals surface area contributed by atoms with E-state index >= 15 is 0 Å². The fourth-order valence-electron chi connectivity index (χ4n) is 3.09. The van der Waals surface area contributed by atoms with Crippen molar-refractivity contribution < 1.29 is 24.0 Å². The summed E-state index contributed by atoms with van der Waals surface area (Å²) < 4.78 is 10.8. The van der Waals surface area contributed by atoms with Crippen LogP contribution < -0.4 is 20.3 Å². The number of nitro groups is 1. The number of hydrogen-bond acceptors (Lipinski definition) is 7. The number of carbonyl (C=O) groups is 2. The Morgan fingerprint density at radius 1 is 1.19 bits per heavy atom. The number of nitrogens with one attached hydrogen (secondary N) is 2. The molecule has 0 aromatic heterocycles. The number of esters is 1. The highest BCUT2D eigenvalue weighted by molar-refractivity contribution is 5.98. The van der Waals surface area contributed by atoms with Crippen LogP contribution in [0.3, 0.4) is 0 Å². The van der Waals surface area contributed by atoms with Crippen molar-refractivity contribution in [2.75, 3.05) is 43.1 Å². The average Bonchev–Trinajstić information content (AvgIpc) is 2.78. The standard InChI is InChI=1S/C21H24N4O6/c1-2-8-22-21(27)23-15-4-3-5-17(13-15)31-20(26)18-14-16(25(28)29)6-7-19(18)24-9-11-30-12-10-24/h3-7,13-14H,2,8-12H2,1H3,(H2,22,23,27). The molecule has 31 heavy (non-hydrogen) atoms. The van der Waals surface area contributed by atoms with Crippen molar-refractivity contribution >= 4 is 29.1 Å². The first-order valence-electron chi connectivity index (χ1n) is 9.96. The molecule has 164 valence electrons. The maximum absolute atomic E-state index is 12.9. The lowest BCUT2D eigenvalue weighted by molar-refractivity contribution is -0.384. The predicted octanol–water partition coefficient (Wildman–Crippen LogP) is 3.18. The Kier molecular flexibility index (Phi) is 7.39. The zero-order valence-electron chi connectivity index (χ0n) is 17.1. The second kappa shape index (κ2) is 10.4. The normalized spacial score (nSPS) is 13.4. The number of anilines is 2. The van der Waals surface area contributed by atoms with E-state index in [9.17, 15) is 19.7 Å². The highest BCUT2D eigenvalue weighted by atomic mass is 16.6. The molecule has 1 saturated heterocycles. The number of nitrogens with zero attached hydrogens (tertiary/aromatic N) is 2. The molecule has 2 amide bonds. The van der Waals surface area contributed by atoms with E-state index in [0.717, 1.165) is 6.42 Å². The van der Waals surface area contributed by atoms with Crippen LogP contribution in [-0.4, -0.2) is 49.8 Å². The summed E-state index contributed by atoms with van der Waals surface area (Å²) in [4.78, 5) is 37.4. The van der Waals surface area contributed by atoms with Crippen LogP contribution in [-0.2, 0) is 4.74 Å². The van der Waals surface area contributed by atoms with Gasteiger partial charge in [0.15, 0.2) is 0 Å². The molecule has 0 unspecified atom stereocenters. The number of morpholine rings is 1. The first-order chi connectivity index (χ1) is 15.0. The summed E-state index contributed by atoms with van der Waals surface area (Å²) in [6.07, 6.45) is 0.805. The Morgan fingerprint density at radius 3 is 2.68 bits per heavy atom. The van der Waals surface area contributed by atoms with E-state index < -0.39 is 10.9 Å². The van der Waals surface area contributed by atoms with Crippen LogP contribution in [0.5, 0.6) is 5.75 Å². The molecule has 0 aliphatic carbocycles. The van der Waals surface area contributed by atoms with Gasteiger partial charge in [-0.2, -0.15) is 0 Å². The minimum absolute atomic E-state index is 0.0927. The van der Waals surface area contributed by atoms with Crippen molar-refractivity contribution in [3.8, 4) is 5.75 Å². The van der Waals surface area contributed by atoms with Gasteiger partial charge < -0.3 is 25.0 Å². The highest BCUT2D eigenvalue weighted by Gasteiger charge is 2.23. The van der Waals surface area contributed by atoms with Gasteiger partial charge in [0.25, 0.3) is 5.69 Å². The lowest BCUT2D eigenvalue weighted by Crippen LogP contribution is -2.37. The third-order valence-corrected chi connectivity index (χ3v) is 4.60. The average molecular weight is 428 g/mol. The van der Waals surface area contributed by atoms with Crippen LogP contribution in [0.15, 0.2) is 42.5 Å². The van der Waals surface area contributed by atoms with Crippen molar-refractivity contribution in [1.82, 2.24) is 5.32 Å². The number of amides is 2. The van der Waals surface area contributed by atoms with Crippen molar-refractivity contribution in [2.24, 2.45) is 0 Å². The van der Waals surface area contributed by atoms with Crippen molar-refractivity contribution in [3.63, 3.8) is 0 Å². The summed E-state index contributed by atoms with van der Waals surface area (Å²) in [5.74, 6) is -0.518. The molecule has 2 aromatic carbocycles. The van der Waals surface area contributed by atoms with Crippen molar-refractivity contribution in [2.45, 2.75) is 13.3 Å². The Bertz CT molecular complexity index is 959. The Morgan fingerprint density at radius 2 is 1.97 bits per heavy atom. The minimum atomic E-state index is -0.724. The molecule has 0 spiro atoms. The van der Waals surface area contributed by atoms with Gasteiger partial charge in [0.1, 0.15) is 5.75 Å². The first-order valence-corrected chi connectivity index (χ1v) is 9.96. The molecule has 0 bridgehead atoms. The molecule has 3 rings (SSSR count). The molecular weight excluding hydrogens is 404 g/mol. The number of nitro benzene ring substituents is 1. The number of non-ortho nitro benzene ring substituents is 1. The van der Waals surface area contributed by atoms with Crippen LogP contribution >= 0.6 is 0 Å². The van der Waals surface area contributed by atoms with Crippen LogP contribution in [0.1, 0.15) is 23.7 Å². The Balaban J connectivity index is 1.80. The van der Waals surface area contributed by atoms with Gasteiger partial charge in [-0.05, 0) is 24.6 Å². The van der Waals surface area contributed by atoms with Crippen molar-refractivity contribution in [3.05, 3.63) is 58.1 Å². The van der Waals surface area contributed by atoms with E-state index in [-0.39, 0.29) is 23.0 Å². The van der Waals surface area contributed by atoms with Crippen LogP contribution in [0, 0.1) is 10.1 Å². The highest BCUT2D eigenvalue weighted by Crippen LogP contribution is 2.28. The van der Waals surface area contributed by atoms with Gasteiger partial charge >= 0.3 is 12.0 Å². The van der Waals surface area contributed by atoms with E-state index in [1.165, 1.54) is 18.2 Å². The van der Waals surface area contributed by atoms with Crippen LogP contribution in [0.2, 0.25) is 0 Å². The fourth-order valence-corrected chi connectivity index (χ4v) is 3.09. The fraction of sp³-hybridized carbons (Fsp3) is 0.333. The van der Waals surface area contributed by atoms with Gasteiger partial charge in [-0.25, -0.2) is 9.59 Å². The molecule has 2 N–H and O–H groups in total. The summed E-state index contributed by atoms with van der Waals surface area (Å²) in [6.45, 7) is 4.60. The lowest BCUT2D eigenvalue weighted by Gasteiger charge is -2.30. The zero-order valence-corrected chi connectivity index (χ0v) is 17.1. The van der Waals surface area contributed by atoms with Gasteiger partial charge in [0.2, 0.25) is 0 Å². The summed E-state index contributed by atoms with van der Waals surface area (Å²) in [7, 11) is 0. The molecule has 1 aliphatic heterocycles. The summed E-state index contributed by atoms with van der Waals surface area (Å²) in [5, 5.41) is 16.6. The van der Waals surface area contributed by atoms with Gasteiger partial charge in [-0.1, -0.05) is 13.0 Å². The topological polar surface area (TPSA) is 123 Å². The molecule has 0 atom stereocenters. The smallest absolute Gasteiger partial charge is 0.345 e. The summed E-state index contributed by atoms with van der Waals surface area (Å²) >= 11 is 0. The summed E-state index contributed by atoms with van der Waals surface area (Å²) in [5.41, 5.74) is 0.889. The van der Waals surface area contributed by atoms with Gasteiger partial charge in [-0.15, -0.1) is 0 Å². The number of benzene rings is 2. The van der Waals surface area contributed by atoms with Gasteiger partial charge in [-0.3, -0.25) is 10.1 Å². The molecule has 1 fully saturated rings. The van der Waals surface area contributed by atoms with Gasteiger partial charge in [0, 0.05) is 43.5 Å². The molecule has 1 aliphatic rings. The minimum Gasteiger partial charge on any atom is -0.423 e.